The highest BCUT2D eigenvalue weighted by atomic mass is 16.4. The Kier molecular flexibility index (Phi) is 4.16. The molecule has 0 radical (unpaired) electrons. The summed E-state index contributed by atoms with van der Waals surface area (Å²) in [7, 11) is 0. The number of carboxylic acids is 1. The van der Waals surface area contributed by atoms with Crippen LogP contribution in [-0.4, -0.2) is 23.4 Å². The number of hydrogen-bond donors (Lipinski definition) is 2. The minimum Gasteiger partial charge on any atom is -0.481 e. The number of Topliss-reactive ketones (excluding diaryl/α,β-unsaturated/α-hetero) is 1. The highest BCUT2D eigenvalue weighted by Crippen LogP contribution is 2.51. The molecule has 3 aliphatic rings. The van der Waals surface area contributed by atoms with Crippen LogP contribution in [0.3, 0.4) is 0 Å². The number of ketones is 1. The number of aliphatic carboxylic acids is 1. The molecule has 3 N–H and O–H groups in total. The monoisotopic (exact) mass is 291 g/mol. The molecule has 3 rings (SSSR count). The maximum absolute atomic E-state index is 12.8. The molecule has 4 heteroatoms. The van der Waals surface area contributed by atoms with Gasteiger partial charge < -0.3 is 10.8 Å². The lowest BCUT2D eigenvalue weighted by atomic mass is 9.55. The van der Waals surface area contributed by atoms with Gasteiger partial charge in [0.15, 0.2) is 0 Å². The van der Waals surface area contributed by atoms with Gasteiger partial charge in [0.2, 0.25) is 0 Å². The SMILES string of the molecule is NCC(C(=O)O)C1C2=CCCCC2C(=O)C2CCCCC21. The Labute approximate surface area is 125 Å². The van der Waals surface area contributed by atoms with Crippen molar-refractivity contribution in [1.82, 2.24) is 0 Å². The highest BCUT2D eigenvalue weighted by molar-refractivity contribution is 5.88. The summed E-state index contributed by atoms with van der Waals surface area (Å²) in [6.45, 7) is 0.168. The summed E-state index contributed by atoms with van der Waals surface area (Å²) in [5.41, 5.74) is 6.91. The van der Waals surface area contributed by atoms with E-state index >= 15 is 0 Å². The van der Waals surface area contributed by atoms with Gasteiger partial charge in [0.05, 0.1) is 5.92 Å². The van der Waals surface area contributed by atoms with E-state index in [1.807, 2.05) is 0 Å². The molecule has 21 heavy (non-hydrogen) atoms. The van der Waals surface area contributed by atoms with E-state index in [0.717, 1.165) is 50.5 Å². The Morgan fingerprint density at radius 3 is 2.76 bits per heavy atom. The molecule has 0 bridgehead atoms. The number of carbonyl (C=O) groups excluding carboxylic acids is 1. The first-order chi connectivity index (χ1) is 10.1. The third-order valence-corrected chi connectivity index (χ3v) is 5.86. The molecule has 0 aromatic rings. The van der Waals surface area contributed by atoms with Crippen molar-refractivity contribution in [1.29, 1.82) is 0 Å². The molecular weight excluding hydrogens is 266 g/mol. The summed E-state index contributed by atoms with van der Waals surface area (Å²) >= 11 is 0. The zero-order valence-corrected chi connectivity index (χ0v) is 12.5. The lowest BCUT2D eigenvalue weighted by Gasteiger charge is -2.48. The summed E-state index contributed by atoms with van der Waals surface area (Å²) in [5.74, 6) is -0.684. The standard InChI is InChI=1S/C17H25NO3/c18-9-14(17(20)21)15-10-5-1-3-7-12(10)16(19)13-8-4-2-6-11(13)15/h5,11-15H,1-4,6-9,18H2,(H,20,21). The average molecular weight is 291 g/mol. The molecule has 5 atom stereocenters. The molecule has 0 aromatic carbocycles. The van der Waals surface area contributed by atoms with Gasteiger partial charge in [-0.3, -0.25) is 9.59 Å². The third-order valence-electron chi connectivity index (χ3n) is 5.86. The Balaban J connectivity index is 2.01. The fourth-order valence-corrected chi connectivity index (χ4v) is 4.95. The summed E-state index contributed by atoms with van der Waals surface area (Å²) in [5, 5.41) is 9.58. The Morgan fingerprint density at radius 1 is 1.29 bits per heavy atom. The Bertz CT molecular complexity index is 471. The van der Waals surface area contributed by atoms with Crippen LogP contribution < -0.4 is 5.73 Å². The van der Waals surface area contributed by atoms with Gasteiger partial charge in [0.1, 0.15) is 5.78 Å². The zero-order valence-electron chi connectivity index (χ0n) is 12.5. The molecule has 0 spiro atoms. The van der Waals surface area contributed by atoms with Gasteiger partial charge in [0.25, 0.3) is 0 Å². The largest absolute Gasteiger partial charge is 0.481 e. The normalized spacial score (nSPS) is 37.2. The van der Waals surface area contributed by atoms with Crippen molar-refractivity contribution in [3.63, 3.8) is 0 Å². The molecule has 0 saturated heterocycles. The Hall–Kier alpha value is -1.16. The van der Waals surface area contributed by atoms with Crippen LogP contribution in [0.25, 0.3) is 0 Å². The van der Waals surface area contributed by atoms with Crippen LogP contribution in [0, 0.1) is 29.6 Å². The van der Waals surface area contributed by atoms with E-state index in [1.54, 1.807) is 0 Å². The molecule has 0 heterocycles. The minimum atomic E-state index is -0.800. The van der Waals surface area contributed by atoms with E-state index in [2.05, 4.69) is 6.08 Å². The van der Waals surface area contributed by atoms with Gasteiger partial charge in [-0.15, -0.1) is 0 Å². The van der Waals surface area contributed by atoms with Gasteiger partial charge in [-0.05, 0) is 43.9 Å². The van der Waals surface area contributed by atoms with Crippen LogP contribution in [-0.2, 0) is 9.59 Å². The van der Waals surface area contributed by atoms with Gasteiger partial charge in [-0.1, -0.05) is 24.5 Å². The van der Waals surface area contributed by atoms with E-state index in [1.165, 1.54) is 0 Å². The number of rotatable bonds is 3. The lowest BCUT2D eigenvalue weighted by Crippen LogP contribution is -2.49. The predicted molar refractivity (Wildman–Crippen MR) is 79.5 cm³/mol. The van der Waals surface area contributed by atoms with Crippen molar-refractivity contribution >= 4 is 11.8 Å². The van der Waals surface area contributed by atoms with Crippen molar-refractivity contribution in [3.8, 4) is 0 Å². The van der Waals surface area contributed by atoms with Crippen LogP contribution in [0.1, 0.15) is 44.9 Å². The number of allylic oxidation sites excluding steroid dienone is 2. The fraction of sp³-hybridized carbons (Fsp3) is 0.765. The number of carboxylic acid groups (broad SMARTS) is 1. The predicted octanol–water partition coefficient (Wildman–Crippen LogP) is 2.38. The second kappa shape index (κ2) is 5.91. The zero-order chi connectivity index (χ0) is 15.0. The number of fused-ring (bicyclic) bond motifs is 2. The van der Waals surface area contributed by atoms with E-state index in [9.17, 15) is 14.7 Å². The van der Waals surface area contributed by atoms with Gasteiger partial charge in [0, 0.05) is 18.4 Å². The molecule has 0 amide bonds. The molecule has 4 nitrogen and oxygen atoms in total. The van der Waals surface area contributed by atoms with Crippen molar-refractivity contribution in [3.05, 3.63) is 11.6 Å². The number of hydrogen-bond acceptors (Lipinski definition) is 3. The highest BCUT2D eigenvalue weighted by Gasteiger charge is 2.51. The second-order valence-corrected chi connectivity index (χ2v) is 6.85. The number of nitrogens with two attached hydrogens (primary N) is 1. The molecule has 0 aromatic heterocycles. The van der Waals surface area contributed by atoms with E-state index in [0.29, 0.717) is 5.78 Å². The second-order valence-electron chi connectivity index (χ2n) is 6.85. The van der Waals surface area contributed by atoms with Crippen LogP contribution >= 0.6 is 0 Å². The number of carbonyl (C=O) groups is 2. The molecular formula is C17H25NO3. The van der Waals surface area contributed by atoms with Gasteiger partial charge in [-0.2, -0.15) is 0 Å². The summed E-state index contributed by atoms with van der Waals surface area (Å²) in [6, 6.07) is 0. The van der Waals surface area contributed by atoms with Crippen LogP contribution in [0.2, 0.25) is 0 Å². The smallest absolute Gasteiger partial charge is 0.308 e. The van der Waals surface area contributed by atoms with Crippen molar-refractivity contribution in [2.24, 2.45) is 35.3 Å². The van der Waals surface area contributed by atoms with Crippen LogP contribution in [0.15, 0.2) is 11.6 Å². The van der Waals surface area contributed by atoms with Crippen molar-refractivity contribution in [2.45, 2.75) is 44.9 Å². The summed E-state index contributed by atoms with van der Waals surface area (Å²) < 4.78 is 0. The lowest BCUT2D eigenvalue weighted by molar-refractivity contribution is -0.147. The summed E-state index contributed by atoms with van der Waals surface area (Å²) in [6.07, 6.45) is 9.23. The van der Waals surface area contributed by atoms with Crippen LogP contribution in [0.5, 0.6) is 0 Å². The topological polar surface area (TPSA) is 80.4 Å². The molecule has 116 valence electrons. The van der Waals surface area contributed by atoms with Crippen molar-refractivity contribution in [2.75, 3.05) is 6.54 Å². The quantitative estimate of drug-likeness (QED) is 0.782. The first-order valence-electron chi connectivity index (χ1n) is 8.31. The first-order valence-corrected chi connectivity index (χ1v) is 8.31. The van der Waals surface area contributed by atoms with E-state index < -0.39 is 11.9 Å². The molecule has 3 aliphatic carbocycles. The van der Waals surface area contributed by atoms with Crippen LogP contribution in [0.4, 0.5) is 0 Å². The summed E-state index contributed by atoms with van der Waals surface area (Å²) in [4.78, 5) is 24.5. The molecule has 2 fully saturated rings. The third kappa shape index (κ3) is 2.44. The van der Waals surface area contributed by atoms with E-state index in [-0.39, 0.29) is 30.2 Å². The molecule has 0 aliphatic heterocycles. The van der Waals surface area contributed by atoms with Gasteiger partial charge >= 0.3 is 5.97 Å². The fourth-order valence-electron chi connectivity index (χ4n) is 4.95. The average Bonchev–Trinajstić information content (AvgIpc) is 2.51. The Morgan fingerprint density at radius 2 is 2.05 bits per heavy atom. The molecule has 2 saturated carbocycles. The van der Waals surface area contributed by atoms with E-state index in [4.69, 9.17) is 5.73 Å². The van der Waals surface area contributed by atoms with Crippen molar-refractivity contribution < 1.29 is 14.7 Å². The van der Waals surface area contributed by atoms with Gasteiger partial charge in [-0.25, -0.2) is 0 Å². The molecule has 5 unspecified atom stereocenters. The first kappa shape index (κ1) is 14.8. The minimum absolute atomic E-state index is 0.0131. The maximum atomic E-state index is 12.8. The maximum Gasteiger partial charge on any atom is 0.308 e.